The molecule has 0 amide bonds. The highest BCUT2D eigenvalue weighted by atomic mass is 16.7. The highest BCUT2D eigenvalue weighted by Gasteiger charge is 2.43. The number of aliphatic hydroxyl groups excluding tert-OH is 3. The Bertz CT molecular complexity index is 1120. The number of phenolic OH excluding ortho intramolecular Hbond substituents is 2. The Labute approximate surface area is 170 Å². The van der Waals surface area contributed by atoms with Gasteiger partial charge in [-0.25, -0.2) is 0 Å². The van der Waals surface area contributed by atoms with Crippen LogP contribution >= 0.6 is 0 Å². The maximum Gasteiger partial charge on any atom is 0.229 e. The van der Waals surface area contributed by atoms with Crippen molar-refractivity contribution in [3.8, 4) is 28.4 Å². The van der Waals surface area contributed by atoms with Crippen LogP contribution in [0.3, 0.4) is 0 Å². The van der Waals surface area contributed by atoms with Crippen molar-refractivity contribution in [1.29, 1.82) is 0 Å². The zero-order valence-corrected chi connectivity index (χ0v) is 15.8. The van der Waals surface area contributed by atoms with Gasteiger partial charge in [-0.15, -0.1) is 0 Å². The van der Waals surface area contributed by atoms with E-state index in [4.69, 9.17) is 13.9 Å². The minimum Gasteiger partial charge on any atom is -0.508 e. The predicted octanol–water partition coefficient (Wildman–Crippen LogP) is 1.08. The van der Waals surface area contributed by atoms with Gasteiger partial charge in [0.15, 0.2) is 0 Å². The van der Waals surface area contributed by atoms with Crippen molar-refractivity contribution in [2.75, 3.05) is 0 Å². The second-order valence-corrected chi connectivity index (χ2v) is 7.14. The van der Waals surface area contributed by atoms with Crippen LogP contribution in [-0.2, 0) is 4.74 Å². The summed E-state index contributed by atoms with van der Waals surface area (Å²) in [5.74, 6) is -0.313. The minimum atomic E-state index is -1.44. The Morgan fingerprint density at radius 1 is 0.967 bits per heavy atom. The summed E-state index contributed by atoms with van der Waals surface area (Å²) in [6.45, 7) is 1.55. The summed E-state index contributed by atoms with van der Waals surface area (Å²) < 4.78 is 16.3. The van der Waals surface area contributed by atoms with Crippen molar-refractivity contribution in [2.24, 2.45) is 0 Å². The zero-order valence-electron chi connectivity index (χ0n) is 15.8. The van der Waals surface area contributed by atoms with Gasteiger partial charge in [-0.05, 0) is 24.6 Å². The Morgan fingerprint density at radius 2 is 1.67 bits per heavy atom. The molecule has 4 rings (SSSR count). The van der Waals surface area contributed by atoms with Crippen molar-refractivity contribution in [2.45, 2.75) is 37.6 Å². The van der Waals surface area contributed by atoms with E-state index < -0.39 is 36.1 Å². The second kappa shape index (κ2) is 7.62. The van der Waals surface area contributed by atoms with E-state index in [-0.39, 0.29) is 28.0 Å². The van der Waals surface area contributed by atoms with E-state index in [1.165, 1.54) is 24.5 Å². The Hall–Kier alpha value is -3.11. The molecule has 0 aliphatic carbocycles. The third-order valence-corrected chi connectivity index (χ3v) is 5.07. The molecule has 5 N–H and O–H groups in total. The number of benzene rings is 2. The zero-order chi connectivity index (χ0) is 21.6. The molecule has 1 aliphatic rings. The summed E-state index contributed by atoms with van der Waals surface area (Å²) in [7, 11) is 0. The summed E-state index contributed by atoms with van der Waals surface area (Å²) in [6, 6.07) is 8.52. The van der Waals surface area contributed by atoms with Crippen molar-refractivity contribution in [1.82, 2.24) is 0 Å². The van der Waals surface area contributed by atoms with Crippen molar-refractivity contribution in [3.63, 3.8) is 0 Å². The lowest BCUT2D eigenvalue weighted by molar-refractivity contribution is -0.268. The van der Waals surface area contributed by atoms with Gasteiger partial charge >= 0.3 is 0 Å². The fraction of sp³-hybridized carbons (Fsp3) is 0.286. The first-order chi connectivity index (χ1) is 14.3. The molecule has 0 unspecified atom stereocenters. The van der Waals surface area contributed by atoms with Crippen LogP contribution in [0, 0.1) is 0 Å². The van der Waals surface area contributed by atoms with Gasteiger partial charge in [-0.2, -0.15) is 0 Å². The highest BCUT2D eigenvalue weighted by molar-refractivity contribution is 5.88. The first-order valence-electron chi connectivity index (χ1n) is 9.20. The summed E-state index contributed by atoms with van der Waals surface area (Å²) in [6.07, 6.45) is -4.77. The number of fused-ring (bicyclic) bond motifs is 1. The molecule has 9 nitrogen and oxygen atoms in total. The van der Waals surface area contributed by atoms with Gasteiger partial charge in [0.2, 0.25) is 11.7 Å². The van der Waals surface area contributed by atoms with Crippen LogP contribution in [0.15, 0.2) is 51.9 Å². The van der Waals surface area contributed by atoms with Crippen LogP contribution in [0.1, 0.15) is 6.92 Å². The number of rotatable bonds is 3. The SMILES string of the molecule is C[C@@H]1O[C@@H](Oc2ccc(-c3coc4cc(O)cc(O)c4c3=O)cc2)[C@H](O)[C@H](O)[C@H]1O. The molecular formula is C21H20O9. The summed E-state index contributed by atoms with van der Waals surface area (Å²) in [4.78, 5) is 12.8. The minimum absolute atomic E-state index is 0.0501. The smallest absolute Gasteiger partial charge is 0.229 e. The third kappa shape index (κ3) is 3.48. The largest absolute Gasteiger partial charge is 0.508 e. The number of hydrogen-bond donors (Lipinski definition) is 5. The molecule has 1 aliphatic heterocycles. The molecule has 158 valence electrons. The monoisotopic (exact) mass is 416 g/mol. The van der Waals surface area contributed by atoms with Gasteiger partial charge < -0.3 is 39.4 Å². The molecule has 1 aromatic heterocycles. The van der Waals surface area contributed by atoms with Crippen LogP contribution in [0.4, 0.5) is 0 Å². The van der Waals surface area contributed by atoms with Crippen LogP contribution in [0.25, 0.3) is 22.1 Å². The Kier molecular flexibility index (Phi) is 5.12. The second-order valence-electron chi connectivity index (χ2n) is 7.14. The first kappa shape index (κ1) is 20.2. The van der Waals surface area contributed by atoms with E-state index in [1.807, 2.05) is 0 Å². The molecule has 1 saturated heterocycles. The van der Waals surface area contributed by atoms with Crippen molar-refractivity contribution >= 4 is 11.0 Å². The Morgan fingerprint density at radius 3 is 2.37 bits per heavy atom. The molecule has 2 heterocycles. The molecule has 0 spiro atoms. The molecule has 0 saturated carbocycles. The maximum atomic E-state index is 12.8. The van der Waals surface area contributed by atoms with Crippen LogP contribution in [0.2, 0.25) is 0 Å². The molecule has 0 radical (unpaired) electrons. The van der Waals surface area contributed by atoms with Gasteiger partial charge in [0.25, 0.3) is 0 Å². The van der Waals surface area contributed by atoms with E-state index in [0.717, 1.165) is 6.07 Å². The molecule has 30 heavy (non-hydrogen) atoms. The standard InChI is InChI=1S/C21H20O9/c1-9-17(24)19(26)20(27)21(29-9)30-12-4-2-10(3-5-12)13-8-28-15-7-11(22)6-14(23)16(15)18(13)25/h2-9,17,19-24,26-27H,1H3/t9-,17-,19+,20+,21-/m0/s1. The topological polar surface area (TPSA) is 150 Å². The van der Waals surface area contributed by atoms with Crippen molar-refractivity contribution < 1.29 is 39.4 Å². The summed E-state index contributed by atoms with van der Waals surface area (Å²) in [5.41, 5.74) is 0.259. The summed E-state index contributed by atoms with van der Waals surface area (Å²) >= 11 is 0. The van der Waals surface area contributed by atoms with E-state index in [9.17, 15) is 30.3 Å². The third-order valence-electron chi connectivity index (χ3n) is 5.07. The molecule has 3 aromatic rings. The predicted molar refractivity (Wildman–Crippen MR) is 104 cm³/mol. The molecule has 5 atom stereocenters. The molecular weight excluding hydrogens is 396 g/mol. The van der Waals surface area contributed by atoms with E-state index in [0.29, 0.717) is 11.3 Å². The fourth-order valence-corrected chi connectivity index (χ4v) is 3.38. The number of aromatic hydroxyl groups is 2. The van der Waals surface area contributed by atoms with E-state index >= 15 is 0 Å². The average Bonchev–Trinajstić information content (AvgIpc) is 2.71. The van der Waals surface area contributed by atoms with Gasteiger partial charge in [-0.1, -0.05) is 12.1 Å². The normalized spacial score (nSPS) is 26.6. The van der Waals surface area contributed by atoms with Gasteiger partial charge in [-0.3, -0.25) is 4.79 Å². The van der Waals surface area contributed by atoms with Crippen LogP contribution in [0.5, 0.6) is 17.2 Å². The van der Waals surface area contributed by atoms with Gasteiger partial charge in [0.1, 0.15) is 52.8 Å². The van der Waals surface area contributed by atoms with Gasteiger partial charge in [0, 0.05) is 12.1 Å². The molecule has 1 fully saturated rings. The number of hydrogen-bond acceptors (Lipinski definition) is 9. The van der Waals surface area contributed by atoms with Crippen molar-refractivity contribution in [3.05, 3.63) is 52.9 Å². The average molecular weight is 416 g/mol. The maximum absolute atomic E-state index is 12.8. The Balaban J connectivity index is 1.60. The molecule has 0 bridgehead atoms. The van der Waals surface area contributed by atoms with E-state index in [1.54, 1.807) is 19.1 Å². The van der Waals surface area contributed by atoms with Gasteiger partial charge in [0.05, 0.1) is 11.7 Å². The molecule has 9 heteroatoms. The number of ether oxygens (including phenoxy) is 2. The first-order valence-corrected chi connectivity index (χ1v) is 9.20. The lowest BCUT2D eigenvalue weighted by Crippen LogP contribution is -2.58. The van der Waals surface area contributed by atoms with Crippen LogP contribution < -0.4 is 10.2 Å². The lowest BCUT2D eigenvalue weighted by Gasteiger charge is -2.38. The number of phenols is 2. The highest BCUT2D eigenvalue weighted by Crippen LogP contribution is 2.30. The molecule has 2 aromatic carbocycles. The lowest BCUT2D eigenvalue weighted by atomic mass is 10.00. The fourth-order valence-electron chi connectivity index (χ4n) is 3.38. The summed E-state index contributed by atoms with van der Waals surface area (Å²) in [5, 5.41) is 49.1. The number of aliphatic hydroxyl groups is 3. The van der Waals surface area contributed by atoms with Crippen LogP contribution in [-0.4, -0.2) is 56.2 Å². The quantitative estimate of drug-likeness (QED) is 0.423. The van der Waals surface area contributed by atoms with E-state index in [2.05, 4.69) is 0 Å².